The number of hydrogen-bond acceptors (Lipinski definition) is 0. The van der Waals surface area contributed by atoms with E-state index >= 15 is 0 Å². The predicted molar refractivity (Wildman–Crippen MR) is 99.2 cm³/mol. The minimum absolute atomic E-state index is 0.313. The van der Waals surface area contributed by atoms with Crippen molar-refractivity contribution in [3.8, 4) is 0 Å². The number of rotatable bonds is 0. The van der Waals surface area contributed by atoms with Gasteiger partial charge in [-0.2, -0.15) is 0 Å². The van der Waals surface area contributed by atoms with Gasteiger partial charge in [-0.05, 0) is 36.3 Å². The zero-order chi connectivity index (χ0) is 17.3. The first-order valence-electron chi connectivity index (χ1n) is 7.44. The summed E-state index contributed by atoms with van der Waals surface area (Å²) in [6.07, 6.45) is 3.62. The molecule has 1 aromatic carbocycles. The number of fused-ring (bicyclic) bond motifs is 2. The first-order chi connectivity index (χ1) is 10.6. The third-order valence-corrected chi connectivity index (χ3v) is 4.10. The number of hydrogen-bond donors (Lipinski definition) is 0. The van der Waals surface area contributed by atoms with Crippen molar-refractivity contribution in [2.24, 2.45) is 5.41 Å². The van der Waals surface area contributed by atoms with Crippen LogP contribution in [0.3, 0.4) is 0 Å². The average Bonchev–Trinajstić information content (AvgIpc) is 2.41. The van der Waals surface area contributed by atoms with Gasteiger partial charge in [-0.1, -0.05) is 32.9 Å². The molecule has 23 heavy (non-hydrogen) atoms. The van der Waals surface area contributed by atoms with Gasteiger partial charge in [-0.3, -0.25) is 0 Å². The summed E-state index contributed by atoms with van der Waals surface area (Å²) in [6, 6.07) is 10.7. The van der Waals surface area contributed by atoms with Crippen molar-refractivity contribution < 1.29 is 13.6 Å². The molecule has 2 aromatic rings. The van der Waals surface area contributed by atoms with Gasteiger partial charge in [0.2, 0.25) is 0 Å². The Bertz CT molecular complexity index is 670. The molecule has 1 heterocycles. The van der Waals surface area contributed by atoms with Crippen molar-refractivity contribution in [1.82, 2.24) is 0 Å². The van der Waals surface area contributed by atoms with E-state index in [1.807, 2.05) is 6.07 Å². The summed E-state index contributed by atoms with van der Waals surface area (Å²) in [6.45, 7) is 7.01. The molecule has 0 saturated heterocycles. The number of aryl methyl sites for hydroxylation is 1. The first kappa shape index (κ1) is 19.6. The van der Waals surface area contributed by atoms with Gasteiger partial charge >= 0.3 is 60.9 Å². The molecule has 0 radical (unpaired) electrons. The molecule has 1 unspecified atom stereocenters. The van der Waals surface area contributed by atoms with Crippen LogP contribution in [0.5, 0.6) is 0 Å². The Labute approximate surface area is 157 Å². The van der Waals surface area contributed by atoms with E-state index in [1.165, 1.54) is 29.6 Å². The van der Waals surface area contributed by atoms with Crippen molar-refractivity contribution in [3.63, 3.8) is 0 Å². The monoisotopic (exact) mass is 437 g/mol. The van der Waals surface area contributed by atoms with Gasteiger partial charge in [0.05, 0.1) is 17.4 Å². The van der Waals surface area contributed by atoms with Gasteiger partial charge in [0.1, 0.15) is 0 Å². The van der Waals surface area contributed by atoms with E-state index in [2.05, 4.69) is 45.0 Å². The Balaban J connectivity index is 0.000000338. The van der Waals surface area contributed by atoms with Gasteiger partial charge in [-0.15, -0.1) is 0 Å². The van der Waals surface area contributed by atoms with Crippen LogP contribution in [-0.4, -0.2) is 0 Å². The molecule has 0 saturated carbocycles. The van der Waals surface area contributed by atoms with Crippen molar-refractivity contribution in [3.05, 3.63) is 41.7 Å². The fraction of sp³-hybridized carbons (Fsp3) is 0.471. The summed E-state index contributed by atoms with van der Waals surface area (Å²) in [7, 11) is 17.2. The molecule has 0 fully saturated rings. The standard InChI is InChI=1S/C17H21O.4ClH.Fe/c1-17(2,3)14-8-6-10-16-13(14)11-12-7-4-5-9-15(12)18-16;;;;;/h4-5,7,9,11,14H,6,8,10H2,1-3H3;4*1H;/q+1;;;;;+3/p-4. The van der Waals surface area contributed by atoms with Gasteiger partial charge in [0.25, 0.3) is 0 Å². The second-order valence-corrected chi connectivity index (χ2v) is 17.7. The number of halogens is 4. The molecule has 1 aromatic heterocycles. The molecule has 0 N–H and O–H groups in total. The third-order valence-electron chi connectivity index (χ3n) is 4.10. The van der Waals surface area contributed by atoms with E-state index in [9.17, 15) is 0 Å². The summed E-state index contributed by atoms with van der Waals surface area (Å²) < 4.78 is 6.11. The normalized spacial score (nSPS) is 18.8. The Morgan fingerprint density at radius 1 is 1.09 bits per heavy atom. The molecule has 1 aliphatic carbocycles. The molecule has 131 valence electrons. The van der Waals surface area contributed by atoms with Crippen molar-refractivity contribution in [1.29, 1.82) is 0 Å². The fourth-order valence-electron chi connectivity index (χ4n) is 3.14. The fourth-order valence-corrected chi connectivity index (χ4v) is 3.14. The van der Waals surface area contributed by atoms with Crippen LogP contribution in [0, 0.1) is 5.41 Å². The second-order valence-electron chi connectivity index (χ2n) is 6.78. The molecule has 0 spiro atoms. The van der Waals surface area contributed by atoms with Gasteiger partial charge in [0, 0.05) is 6.07 Å². The van der Waals surface area contributed by atoms with Crippen LogP contribution in [-0.2, 0) is 15.6 Å². The van der Waals surface area contributed by atoms with Crippen LogP contribution in [0.2, 0.25) is 0 Å². The van der Waals surface area contributed by atoms with E-state index < -0.39 is 9.20 Å². The zero-order valence-electron chi connectivity index (χ0n) is 13.4. The quantitative estimate of drug-likeness (QED) is 0.300. The van der Waals surface area contributed by atoms with Crippen LogP contribution >= 0.6 is 40.4 Å². The molecule has 1 nitrogen and oxygen atoms in total. The summed E-state index contributed by atoms with van der Waals surface area (Å²) in [5.41, 5.74) is 2.77. The molecule has 1 aliphatic rings. The zero-order valence-corrected chi connectivity index (χ0v) is 17.5. The summed E-state index contributed by atoms with van der Waals surface area (Å²) in [4.78, 5) is 0. The Morgan fingerprint density at radius 3 is 2.30 bits per heavy atom. The molecule has 1 atom stereocenters. The molecular weight excluding hydrogens is 418 g/mol. The van der Waals surface area contributed by atoms with Gasteiger partial charge < -0.3 is 0 Å². The predicted octanol–water partition coefficient (Wildman–Crippen LogP) is 7.94. The average molecular weight is 439 g/mol. The summed E-state index contributed by atoms with van der Waals surface area (Å²) in [5, 5.41) is 1.23. The Kier molecular flexibility index (Phi) is 6.56. The summed E-state index contributed by atoms with van der Waals surface area (Å²) >= 11 is 0. The molecule has 3 rings (SSSR count). The summed E-state index contributed by atoms with van der Waals surface area (Å²) in [5.74, 6) is 1.83. The van der Waals surface area contributed by atoms with Crippen LogP contribution in [0.15, 0.2) is 34.7 Å². The van der Waals surface area contributed by atoms with Crippen LogP contribution < -0.4 is 0 Å². The van der Waals surface area contributed by atoms with Crippen molar-refractivity contribution in [2.45, 2.75) is 46.0 Å². The van der Waals surface area contributed by atoms with E-state index in [4.69, 9.17) is 44.8 Å². The van der Waals surface area contributed by atoms with Gasteiger partial charge in [-0.25, -0.2) is 4.42 Å². The van der Waals surface area contributed by atoms with Crippen LogP contribution in [0.25, 0.3) is 11.0 Å². The molecule has 0 bridgehead atoms. The van der Waals surface area contributed by atoms with Crippen LogP contribution in [0.1, 0.15) is 50.9 Å². The molecular formula is C17H21Cl4FeO. The number of benzene rings is 1. The Morgan fingerprint density at radius 2 is 1.70 bits per heavy atom. The van der Waals surface area contributed by atoms with E-state index in [-0.39, 0.29) is 0 Å². The molecule has 0 aliphatic heterocycles. The second kappa shape index (κ2) is 7.68. The topological polar surface area (TPSA) is 11.3 Å². The molecule has 0 amide bonds. The third kappa shape index (κ3) is 5.96. The van der Waals surface area contributed by atoms with E-state index in [0.29, 0.717) is 11.3 Å². The minimum atomic E-state index is -2.61. The number of para-hydroxylation sites is 1. The van der Waals surface area contributed by atoms with E-state index in [0.717, 1.165) is 12.0 Å². The van der Waals surface area contributed by atoms with Crippen LogP contribution in [0.4, 0.5) is 0 Å². The van der Waals surface area contributed by atoms with Gasteiger partial charge in [0.15, 0.2) is 0 Å². The maximum atomic E-state index is 6.11. The van der Waals surface area contributed by atoms with E-state index in [1.54, 1.807) is 0 Å². The van der Waals surface area contributed by atoms with Crippen molar-refractivity contribution in [2.75, 3.05) is 0 Å². The SMILES string of the molecule is CC(C)(C)C1CCCc2[o+]c3ccccc3cc21.[Cl][Fe-]([Cl])([Cl])[Cl]. The maximum absolute atomic E-state index is 6.11. The van der Waals surface area contributed by atoms with Crippen molar-refractivity contribution >= 4 is 51.4 Å². The Hall–Kier alpha value is 0.309. The molecule has 6 heteroatoms. The first-order valence-corrected chi connectivity index (χ1v) is 13.5.